The third-order valence-corrected chi connectivity index (χ3v) is 5.47. The van der Waals surface area contributed by atoms with Crippen molar-refractivity contribution < 1.29 is 9.53 Å². The second-order valence-electron chi connectivity index (χ2n) is 7.54. The van der Waals surface area contributed by atoms with Crippen molar-refractivity contribution in [1.82, 2.24) is 14.7 Å². The first kappa shape index (κ1) is 19.6. The van der Waals surface area contributed by atoms with Gasteiger partial charge in [-0.25, -0.2) is 0 Å². The van der Waals surface area contributed by atoms with Crippen LogP contribution in [0.15, 0.2) is 24.3 Å². The van der Waals surface area contributed by atoms with Gasteiger partial charge >= 0.3 is 0 Å². The maximum absolute atomic E-state index is 12.5. The molecule has 5 nitrogen and oxygen atoms in total. The summed E-state index contributed by atoms with van der Waals surface area (Å²) in [5.41, 5.74) is 1.03. The summed E-state index contributed by atoms with van der Waals surface area (Å²) in [5, 5.41) is 0.707. The van der Waals surface area contributed by atoms with Crippen LogP contribution in [0.2, 0.25) is 5.02 Å². The lowest BCUT2D eigenvalue weighted by atomic mass is 10.1. The lowest BCUT2D eigenvalue weighted by Crippen LogP contribution is -2.52. The van der Waals surface area contributed by atoms with Crippen molar-refractivity contribution in [3.05, 3.63) is 34.9 Å². The zero-order valence-corrected chi connectivity index (χ0v) is 16.6. The van der Waals surface area contributed by atoms with Crippen molar-refractivity contribution in [3.63, 3.8) is 0 Å². The minimum Gasteiger partial charge on any atom is -0.373 e. The van der Waals surface area contributed by atoms with E-state index in [0.717, 1.165) is 57.9 Å². The van der Waals surface area contributed by atoms with Crippen LogP contribution in [0.4, 0.5) is 0 Å². The van der Waals surface area contributed by atoms with Crippen molar-refractivity contribution >= 4 is 17.5 Å². The van der Waals surface area contributed by atoms with E-state index in [1.807, 2.05) is 29.2 Å². The van der Waals surface area contributed by atoms with Crippen molar-refractivity contribution in [2.45, 2.75) is 32.5 Å². The van der Waals surface area contributed by atoms with Gasteiger partial charge in [-0.2, -0.15) is 0 Å². The zero-order chi connectivity index (χ0) is 18.5. The van der Waals surface area contributed by atoms with Crippen LogP contribution in [0.3, 0.4) is 0 Å². The number of halogens is 1. The van der Waals surface area contributed by atoms with E-state index in [-0.39, 0.29) is 5.91 Å². The van der Waals surface area contributed by atoms with Gasteiger partial charge in [0, 0.05) is 57.4 Å². The Morgan fingerprint density at radius 1 is 1.00 bits per heavy atom. The molecule has 2 saturated heterocycles. The van der Waals surface area contributed by atoms with Gasteiger partial charge in [-0.05, 0) is 31.5 Å². The molecule has 2 aliphatic heterocycles. The summed E-state index contributed by atoms with van der Waals surface area (Å²) in [5.74, 6) is 0.211. The van der Waals surface area contributed by atoms with E-state index in [1.165, 1.54) is 0 Å². The molecule has 0 N–H and O–H groups in total. The normalized spacial score (nSPS) is 25.4. The predicted molar refractivity (Wildman–Crippen MR) is 105 cm³/mol. The monoisotopic (exact) mass is 379 g/mol. The van der Waals surface area contributed by atoms with E-state index in [4.69, 9.17) is 16.3 Å². The van der Waals surface area contributed by atoms with Crippen molar-refractivity contribution in [3.8, 4) is 0 Å². The summed E-state index contributed by atoms with van der Waals surface area (Å²) in [4.78, 5) is 19.4. The first-order chi connectivity index (χ1) is 12.5. The van der Waals surface area contributed by atoms with Gasteiger partial charge in [0.05, 0.1) is 18.6 Å². The topological polar surface area (TPSA) is 36.0 Å². The Kier molecular flexibility index (Phi) is 6.92. The maximum Gasteiger partial charge on any atom is 0.227 e. The van der Waals surface area contributed by atoms with Crippen molar-refractivity contribution in [2.24, 2.45) is 0 Å². The first-order valence-electron chi connectivity index (χ1n) is 9.62. The maximum atomic E-state index is 12.5. The molecule has 1 amide bonds. The van der Waals surface area contributed by atoms with Gasteiger partial charge in [0.2, 0.25) is 5.91 Å². The van der Waals surface area contributed by atoms with E-state index < -0.39 is 0 Å². The molecule has 1 aromatic rings. The number of piperazine rings is 1. The van der Waals surface area contributed by atoms with Crippen LogP contribution >= 0.6 is 11.6 Å². The summed E-state index contributed by atoms with van der Waals surface area (Å²) in [6, 6.07) is 7.55. The molecule has 1 aromatic carbocycles. The molecule has 6 heteroatoms. The number of benzene rings is 1. The second kappa shape index (κ2) is 9.18. The number of carbonyl (C=O) groups is 1. The fourth-order valence-electron chi connectivity index (χ4n) is 3.86. The molecule has 2 fully saturated rings. The molecular weight excluding hydrogens is 350 g/mol. The molecule has 144 valence electrons. The number of hydrogen-bond donors (Lipinski definition) is 0. The molecule has 0 spiro atoms. The third kappa shape index (κ3) is 5.68. The highest BCUT2D eigenvalue weighted by molar-refractivity contribution is 6.30. The minimum absolute atomic E-state index is 0.211. The van der Waals surface area contributed by atoms with Crippen LogP contribution in [0.25, 0.3) is 0 Å². The van der Waals surface area contributed by atoms with Gasteiger partial charge in [0.1, 0.15) is 0 Å². The number of ether oxygens (including phenoxy) is 1. The highest BCUT2D eigenvalue weighted by Crippen LogP contribution is 2.13. The average molecular weight is 380 g/mol. The molecule has 0 aliphatic carbocycles. The average Bonchev–Trinajstić information content (AvgIpc) is 2.61. The molecule has 2 heterocycles. The van der Waals surface area contributed by atoms with Crippen LogP contribution in [0.5, 0.6) is 0 Å². The molecule has 0 radical (unpaired) electrons. The standard InChI is InChI=1S/C20H30ClN3O2/c1-16-14-23(15-17(2)26-16)8-7-22-9-11-24(12-10-22)20(25)13-18-3-5-19(21)6-4-18/h3-6,16-17H,7-15H2,1-2H3. The molecule has 0 aromatic heterocycles. The van der Waals surface area contributed by atoms with Gasteiger partial charge in [-0.1, -0.05) is 23.7 Å². The molecule has 2 unspecified atom stereocenters. The Balaban J connectivity index is 1.38. The van der Waals surface area contributed by atoms with Gasteiger partial charge in [-0.3, -0.25) is 14.6 Å². The van der Waals surface area contributed by atoms with Gasteiger partial charge in [0.25, 0.3) is 0 Å². The van der Waals surface area contributed by atoms with E-state index in [0.29, 0.717) is 23.7 Å². The van der Waals surface area contributed by atoms with Crippen LogP contribution in [-0.2, 0) is 16.0 Å². The predicted octanol–water partition coefficient (Wildman–Crippen LogP) is 2.14. The summed E-state index contributed by atoms with van der Waals surface area (Å²) >= 11 is 5.90. The van der Waals surface area contributed by atoms with Crippen LogP contribution < -0.4 is 0 Å². The Labute approximate surface area is 161 Å². The Morgan fingerprint density at radius 2 is 1.58 bits per heavy atom. The van der Waals surface area contributed by atoms with E-state index in [9.17, 15) is 4.79 Å². The molecular formula is C20H30ClN3O2. The van der Waals surface area contributed by atoms with E-state index in [1.54, 1.807) is 0 Å². The highest BCUT2D eigenvalue weighted by atomic mass is 35.5. The highest BCUT2D eigenvalue weighted by Gasteiger charge is 2.24. The lowest BCUT2D eigenvalue weighted by Gasteiger charge is -2.38. The number of hydrogen-bond acceptors (Lipinski definition) is 4. The molecule has 3 rings (SSSR count). The lowest BCUT2D eigenvalue weighted by molar-refractivity contribution is -0.132. The third-order valence-electron chi connectivity index (χ3n) is 5.22. The van der Waals surface area contributed by atoms with Gasteiger partial charge < -0.3 is 9.64 Å². The molecule has 0 saturated carbocycles. The number of nitrogens with zero attached hydrogens (tertiary/aromatic N) is 3. The number of amides is 1. The minimum atomic E-state index is 0.211. The van der Waals surface area contributed by atoms with Gasteiger partial charge in [-0.15, -0.1) is 0 Å². The summed E-state index contributed by atoms with van der Waals surface area (Å²) < 4.78 is 5.80. The molecule has 0 bridgehead atoms. The second-order valence-corrected chi connectivity index (χ2v) is 7.98. The number of carbonyl (C=O) groups excluding carboxylic acids is 1. The van der Waals surface area contributed by atoms with Crippen LogP contribution in [0.1, 0.15) is 19.4 Å². The van der Waals surface area contributed by atoms with E-state index in [2.05, 4.69) is 23.6 Å². The zero-order valence-electron chi connectivity index (χ0n) is 15.9. The Morgan fingerprint density at radius 3 is 2.19 bits per heavy atom. The van der Waals surface area contributed by atoms with Crippen LogP contribution in [-0.4, -0.2) is 85.2 Å². The molecule has 2 aliphatic rings. The summed E-state index contributed by atoms with van der Waals surface area (Å²) in [6.07, 6.45) is 1.10. The van der Waals surface area contributed by atoms with E-state index >= 15 is 0 Å². The fraction of sp³-hybridized carbons (Fsp3) is 0.650. The van der Waals surface area contributed by atoms with Crippen LogP contribution in [0, 0.1) is 0 Å². The quantitative estimate of drug-likeness (QED) is 0.785. The molecule has 2 atom stereocenters. The summed E-state index contributed by atoms with van der Waals surface area (Å²) in [6.45, 7) is 12.0. The van der Waals surface area contributed by atoms with Crippen molar-refractivity contribution in [2.75, 3.05) is 52.4 Å². The molecule has 26 heavy (non-hydrogen) atoms. The SMILES string of the molecule is CC1CN(CCN2CCN(C(=O)Cc3ccc(Cl)cc3)CC2)CC(C)O1. The fourth-order valence-corrected chi connectivity index (χ4v) is 3.99. The summed E-state index contributed by atoms with van der Waals surface area (Å²) in [7, 11) is 0. The number of morpholine rings is 1. The Hall–Kier alpha value is -1.14. The van der Waals surface area contributed by atoms with Gasteiger partial charge in [0.15, 0.2) is 0 Å². The smallest absolute Gasteiger partial charge is 0.227 e. The largest absolute Gasteiger partial charge is 0.373 e. The first-order valence-corrected chi connectivity index (χ1v) is 10.00. The van der Waals surface area contributed by atoms with Crippen molar-refractivity contribution in [1.29, 1.82) is 0 Å². The number of rotatable bonds is 5. The Bertz CT molecular complexity index is 577.